The quantitative estimate of drug-likeness (QED) is 0.644. The van der Waals surface area contributed by atoms with E-state index in [0.29, 0.717) is 21.2 Å². The van der Waals surface area contributed by atoms with Gasteiger partial charge in [-0.2, -0.15) is 0 Å². The minimum Gasteiger partial charge on any atom is -0.399 e. The molecule has 0 aliphatic carbocycles. The van der Waals surface area contributed by atoms with E-state index in [0.717, 1.165) is 0 Å². The van der Waals surface area contributed by atoms with E-state index < -0.39 is 0 Å². The van der Waals surface area contributed by atoms with Crippen molar-refractivity contribution in [3.05, 3.63) is 51.2 Å². The van der Waals surface area contributed by atoms with Crippen molar-refractivity contribution in [3.8, 4) is 0 Å². The van der Waals surface area contributed by atoms with Gasteiger partial charge in [0, 0.05) is 11.3 Å². The van der Waals surface area contributed by atoms with E-state index >= 15 is 0 Å². The molecule has 2 rings (SSSR count). The second-order valence-corrected chi connectivity index (χ2v) is 4.58. The van der Waals surface area contributed by atoms with Crippen molar-refractivity contribution in [2.24, 2.45) is 0 Å². The molecule has 2 N–H and O–H groups in total. The Hall–Kier alpha value is -1.32. The summed E-state index contributed by atoms with van der Waals surface area (Å²) >= 11 is 7.24. The van der Waals surface area contributed by atoms with Gasteiger partial charge in [-0.3, -0.25) is 4.79 Å². The van der Waals surface area contributed by atoms with Gasteiger partial charge in [0.2, 0.25) is 0 Å². The van der Waals surface area contributed by atoms with Crippen LogP contribution in [0.15, 0.2) is 35.7 Å². The minimum absolute atomic E-state index is 0.0683. The first-order valence-electron chi connectivity index (χ1n) is 4.31. The molecule has 4 heteroatoms. The van der Waals surface area contributed by atoms with Crippen molar-refractivity contribution < 1.29 is 4.79 Å². The Morgan fingerprint density at radius 2 is 1.87 bits per heavy atom. The number of carbonyl (C=O) groups excluding carboxylic acids is 1. The molecule has 15 heavy (non-hydrogen) atoms. The van der Waals surface area contributed by atoms with Crippen molar-refractivity contribution in [2.45, 2.75) is 0 Å². The average Bonchev–Trinajstić information content (AvgIpc) is 2.65. The number of ketones is 1. The molecule has 2 aromatic rings. The zero-order chi connectivity index (χ0) is 10.8. The maximum Gasteiger partial charge on any atom is 0.195 e. The molecule has 2 nitrogen and oxygen atoms in total. The molecule has 0 saturated heterocycles. The first kappa shape index (κ1) is 10.2. The predicted molar refractivity (Wildman–Crippen MR) is 63.6 cm³/mol. The van der Waals surface area contributed by atoms with E-state index in [-0.39, 0.29) is 5.78 Å². The van der Waals surface area contributed by atoms with Crippen LogP contribution in [0.4, 0.5) is 5.69 Å². The number of nitrogen functional groups attached to an aromatic ring is 1. The van der Waals surface area contributed by atoms with Crippen molar-refractivity contribution in [1.82, 2.24) is 0 Å². The van der Waals surface area contributed by atoms with Crippen molar-refractivity contribution in [1.29, 1.82) is 0 Å². The van der Waals surface area contributed by atoms with Gasteiger partial charge in [0.25, 0.3) is 0 Å². The van der Waals surface area contributed by atoms with Crippen molar-refractivity contribution in [2.75, 3.05) is 5.73 Å². The van der Waals surface area contributed by atoms with Gasteiger partial charge >= 0.3 is 0 Å². The lowest BCUT2D eigenvalue weighted by atomic mass is 10.1. The summed E-state index contributed by atoms with van der Waals surface area (Å²) in [5.74, 6) is -0.0683. The maximum atomic E-state index is 11.9. The first-order chi connectivity index (χ1) is 7.18. The predicted octanol–water partition coefficient (Wildman–Crippen LogP) is 3.21. The maximum absolute atomic E-state index is 11.9. The van der Waals surface area contributed by atoms with Crippen LogP contribution in [0.2, 0.25) is 4.34 Å². The van der Waals surface area contributed by atoms with E-state index in [1.807, 2.05) is 0 Å². The normalized spacial score (nSPS) is 10.2. The lowest BCUT2D eigenvalue weighted by Gasteiger charge is -1.99. The molecule has 0 radical (unpaired) electrons. The van der Waals surface area contributed by atoms with Crippen molar-refractivity contribution in [3.63, 3.8) is 0 Å². The first-order valence-corrected chi connectivity index (χ1v) is 5.57. The second kappa shape index (κ2) is 4.04. The summed E-state index contributed by atoms with van der Waals surface area (Å²) in [5.41, 5.74) is 7.33. The topological polar surface area (TPSA) is 43.1 Å². The molecule has 0 atom stereocenters. The van der Waals surface area contributed by atoms with Crippen LogP contribution < -0.4 is 5.73 Å². The van der Waals surface area contributed by atoms with Gasteiger partial charge in [-0.15, -0.1) is 11.3 Å². The fraction of sp³-hybridized carbons (Fsp3) is 0. The number of rotatable bonds is 2. The molecule has 0 aliphatic rings. The van der Waals surface area contributed by atoms with Gasteiger partial charge in [0.15, 0.2) is 5.78 Å². The van der Waals surface area contributed by atoms with Crippen LogP contribution in [0.25, 0.3) is 0 Å². The summed E-state index contributed by atoms with van der Waals surface area (Å²) in [7, 11) is 0. The van der Waals surface area contributed by atoms with Crippen LogP contribution in [0.5, 0.6) is 0 Å². The summed E-state index contributed by atoms with van der Waals surface area (Å²) in [6.07, 6.45) is 0. The summed E-state index contributed by atoms with van der Waals surface area (Å²) < 4.78 is 0.525. The number of halogens is 1. The molecule has 0 spiro atoms. The summed E-state index contributed by atoms with van der Waals surface area (Å²) in [6, 6.07) is 8.53. The highest BCUT2D eigenvalue weighted by Crippen LogP contribution is 2.25. The van der Waals surface area contributed by atoms with Gasteiger partial charge in [0.05, 0.1) is 5.56 Å². The lowest BCUT2D eigenvalue weighted by molar-refractivity contribution is 0.103. The number of thiophene rings is 1. The monoisotopic (exact) mass is 237 g/mol. The van der Waals surface area contributed by atoms with Crippen LogP contribution >= 0.6 is 22.9 Å². The molecular formula is C11H8ClNOS. The van der Waals surface area contributed by atoms with Crippen molar-refractivity contribution >= 4 is 34.4 Å². The van der Waals surface area contributed by atoms with Crippen LogP contribution in [0, 0.1) is 0 Å². The molecular weight excluding hydrogens is 230 g/mol. The SMILES string of the molecule is Nc1ccc(C(=O)c2ccsc2Cl)cc1. The Balaban J connectivity index is 2.37. The van der Waals surface area contributed by atoms with E-state index in [9.17, 15) is 4.79 Å². The Morgan fingerprint density at radius 3 is 2.40 bits per heavy atom. The summed E-state index contributed by atoms with van der Waals surface area (Å²) in [6.45, 7) is 0. The largest absolute Gasteiger partial charge is 0.399 e. The summed E-state index contributed by atoms with van der Waals surface area (Å²) in [4.78, 5) is 11.9. The second-order valence-electron chi connectivity index (χ2n) is 3.06. The molecule has 0 bridgehead atoms. The minimum atomic E-state index is -0.0683. The third-order valence-corrected chi connectivity index (χ3v) is 3.21. The zero-order valence-corrected chi connectivity index (χ0v) is 9.31. The molecule has 0 amide bonds. The average molecular weight is 238 g/mol. The Bertz CT molecular complexity index is 490. The highest BCUT2D eigenvalue weighted by Gasteiger charge is 2.13. The van der Waals surface area contributed by atoms with Crippen LogP contribution in [0.1, 0.15) is 15.9 Å². The fourth-order valence-corrected chi connectivity index (χ4v) is 2.16. The van der Waals surface area contributed by atoms with Gasteiger partial charge in [0.1, 0.15) is 4.34 Å². The molecule has 0 fully saturated rings. The fourth-order valence-electron chi connectivity index (χ4n) is 1.25. The highest BCUT2D eigenvalue weighted by atomic mass is 35.5. The number of benzene rings is 1. The Morgan fingerprint density at radius 1 is 1.20 bits per heavy atom. The van der Waals surface area contributed by atoms with E-state index in [4.69, 9.17) is 17.3 Å². The molecule has 1 aromatic heterocycles. The lowest BCUT2D eigenvalue weighted by Crippen LogP contribution is -2.00. The number of hydrogen-bond donors (Lipinski definition) is 1. The van der Waals surface area contributed by atoms with Crippen LogP contribution in [-0.4, -0.2) is 5.78 Å². The zero-order valence-electron chi connectivity index (χ0n) is 7.74. The number of anilines is 1. The molecule has 76 valence electrons. The van der Waals surface area contributed by atoms with Crippen LogP contribution in [-0.2, 0) is 0 Å². The van der Waals surface area contributed by atoms with Gasteiger partial charge in [-0.05, 0) is 35.7 Å². The van der Waals surface area contributed by atoms with E-state index in [2.05, 4.69) is 0 Å². The number of nitrogens with two attached hydrogens (primary N) is 1. The number of hydrogen-bond acceptors (Lipinski definition) is 3. The van der Waals surface area contributed by atoms with Crippen LogP contribution in [0.3, 0.4) is 0 Å². The smallest absolute Gasteiger partial charge is 0.195 e. The summed E-state index contributed by atoms with van der Waals surface area (Å²) in [5, 5.41) is 1.80. The standard InChI is InChI=1S/C11H8ClNOS/c12-11-9(5-6-15-11)10(14)7-1-3-8(13)4-2-7/h1-6H,13H2. The van der Waals surface area contributed by atoms with Gasteiger partial charge < -0.3 is 5.73 Å². The van der Waals surface area contributed by atoms with E-state index in [1.54, 1.807) is 35.7 Å². The number of carbonyl (C=O) groups is 1. The third-order valence-electron chi connectivity index (χ3n) is 2.04. The van der Waals surface area contributed by atoms with Gasteiger partial charge in [-0.1, -0.05) is 11.6 Å². The van der Waals surface area contributed by atoms with E-state index in [1.165, 1.54) is 11.3 Å². The molecule has 0 saturated carbocycles. The highest BCUT2D eigenvalue weighted by molar-refractivity contribution is 7.14. The molecule has 0 aliphatic heterocycles. The molecule has 1 heterocycles. The molecule has 1 aromatic carbocycles. The van der Waals surface area contributed by atoms with Gasteiger partial charge in [-0.25, -0.2) is 0 Å². The Labute approximate surface area is 96.3 Å². The third kappa shape index (κ3) is 2.03. The molecule has 0 unspecified atom stereocenters. The Kier molecular flexibility index (Phi) is 2.75.